The van der Waals surface area contributed by atoms with Gasteiger partial charge in [0.05, 0.1) is 15.5 Å². The van der Waals surface area contributed by atoms with E-state index in [4.69, 9.17) is 11.6 Å². The fourth-order valence-corrected chi connectivity index (χ4v) is 4.16. The third-order valence-electron chi connectivity index (χ3n) is 3.45. The van der Waals surface area contributed by atoms with Crippen molar-refractivity contribution in [1.82, 2.24) is 14.5 Å². The molecular formula is C17H11ClN4OS2. The number of hydrogen-bond acceptors (Lipinski definition) is 5. The smallest absolute Gasteiger partial charge is 0.275 e. The second-order valence-electron chi connectivity index (χ2n) is 5.11. The van der Waals surface area contributed by atoms with Crippen molar-refractivity contribution in [3.05, 3.63) is 70.5 Å². The molecule has 1 aromatic carbocycles. The Balaban J connectivity index is 1.48. The van der Waals surface area contributed by atoms with E-state index < -0.39 is 0 Å². The predicted octanol–water partition coefficient (Wildman–Crippen LogP) is 4.96. The first-order valence-electron chi connectivity index (χ1n) is 7.30. The molecule has 3 aromatic heterocycles. The molecule has 8 heteroatoms. The molecule has 1 amide bonds. The standard InChI is InChI=1S/C17H11ClN4OS2/c18-15-6-5-14(25-15)17-21-13(9-24-17)16(23)20-11-1-3-12(4-2-11)22-8-7-19-10-22/h1-10H,(H,20,23). The number of carbonyl (C=O) groups is 1. The van der Waals surface area contributed by atoms with Gasteiger partial charge in [-0.3, -0.25) is 4.79 Å². The molecule has 0 aliphatic heterocycles. The molecule has 0 saturated heterocycles. The molecule has 0 unspecified atom stereocenters. The topological polar surface area (TPSA) is 59.8 Å². The molecule has 124 valence electrons. The summed E-state index contributed by atoms with van der Waals surface area (Å²) >= 11 is 8.82. The third kappa shape index (κ3) is 3.48. The zero-order valence-electron chi connectivity index (χ0n) is 12.7. The van der Waals surface area contributed by atoms with Gasteiger partial charge in [0.15, 0.2) is 0 Å². The van der Waals surface area contributed by atoms with E-state index in [9.17, 15) is 4.79 Å². The zero-order chi connectivity index (χ0) is 17.2. The number of thiophene rings is 1. The normalized spacial score (nSPS) is 10.8. The highest BCUT2D eigenvalue weighted by atomic mass is 35.5. The van der Waals surface area contributed by atoms with Crippen LogP contribution in [0, 0.1) is 0 Å². The summed E-state index contributed by atoms with van der Waals surface area (Å²) in [6.07, 6.45) is 5.30. The summed E-state index contributed by atoms with van der Waals surface area (Å²) in [6, 6.07) is 11.3. The zero-order valence-corrected chi connectivity index (χ0v) is 15.1. The number of imidazole rings is 1. The summed E-state index contributed by atoms with van der Waals surface area (Å²) < 4.78 is 2.60. The van der Waals surface area contributed by atoms with Gasteiger partial charge in [-0.25, -0.2) is 9.97 Å². The summed E-state index contributed by atoms with van der Waals surface area (Å²) in [5.41, 5.74) is 2.08. The largest absolute Gasteiger partial charge is 0.321 e. The number of nitrogens with zero attached hydrogens (tertiary/aromatic N) is 3. The lowest BCUT2D eigenvalue weighted by Gasteiger charge is -2.05. The lowest BCUT2D eigenvalue weighted by molar-refractivity contribution is 0.102. The van der Waals surface area contributed by atoms with E-state index >= 15 is 0 Å². The fourth-order valence-electron chi connectivity index (χ4n) is 2.24. The van der Waals surface area contributed by atoms with Gasteiger partial charge in [-0.2, -0.15) is 0 Å². The number of rotatable bonds is 4. The van der Waals surface area contributed by atoms with Crippen LogP contribution < -0.4 is 5.32 Å². The molecule has 4 aromatic rings. The summed E-state index contributed by atoms with van der Waals surface area (Å²) in [6.45, 7) is 0. The van der Waals surface area contributed by atoms with E-state index in [1.54, 1.807) is 17.9 Å². The molecule has 1 N–H and O–H groups in total. The van der Waals surface area contributed by atoms with Gasteiger partial charge in [-0.05, 0) is 36.4 Å². The van der Waals surface area contributed by atoms with Crippen LogP contribution in [0.2, 0.25) is 4.34 Å². The Morgan fingerprint density at radius 1 is 1.16 bits per heavy atom. The fraction of sp³-hybridized carbons (Fsp3) is 0. The van der Waals surface area contributed by atoms with Gasteiger partial charge in [-0.15, -0.1) is 22.7 Å². The van der Waals surface area contributed by atoms with Crippen molar-refractivity contribution in [2.24, 2.45) is 0 Å². The first-order chi connectivity index (χ1) is 12.2. The SMILES string of the molecule is O=C(Nc1ccc(-n2ccnc2)cc1)c1csc(-c2ccc(Cl)s2)n1. The lowest BCUT2D eigenvalue weighted by atomic mass is 10.2. The van der Waals surface area contributed by atoms with Crippen LogP contribution in [0.25, 0.3) is 15.6 Å². The van der Waals surface area contributed by atoms with Crippen LogP contribution in [0.5, 0.6) is 0 Å². The number of aromatic nitrogens is 3. The molecule has 0 radical (unpaired) electrons. The molecule has 0 bridgehead atoms. The highest BCUT2D eigenvalue weighted by Crippen LogP contribution is 2.33. The van der Waals surface area contributed by atoms with Crippen molar-refractivity contribution in [3.8, 4) is 15.6 Å². The number of carbonyl (C=O) groups excluding carboxylic acids is 1. The van der Waals surface area contributed by atoms with E-state index in [-0.39, 0.29) is 5.91 Å². The van der Waals surface area contributed by atoms with Gasteiger partial charge >= 0.3 is 0 Å². The minimum atomic E-state index is -0.236. The van der Waals surface area contributed by atoms with E-state index in [2.05, 4.69) is 15.3 Å². The van der Waals surface area contributed by atoms with Gasteiger partial charge in [0.2, 0.25) is 0 Å². The first-order valence-corrected chi connectivity index (χ1v) is 9.37. The Morgan fingerprint density at radius 2 is 2.00 bits per heavy atom. The number of amides is 1. The van der Waals surface area contributed by atoms with Gasteiger partial charge in [0.25, 0.3) is 5.91 Å². The molecule has 0 fully saturated rings. The number of benzene rings is 1. The van der Waals surface area contributed by atoms with Gasteiger partial charge in [0.1, 0.15) is 10.7 Å². The van der Waals surface area contributed by atoms with Crippen molar-refractivity contribution in [2.75, 3.05) is 5.32 Å². The second kappa shape index (κ2) is 6.79. The molecule has 0 saturated carbocycles. The Bertz CT molecular complexity index is 1010. The maximum absolute atomic E-state index is 12.4. The molecule has 0 atom stereocenters. The maximum atomic E-state index is 12.4. The van der Waals surface area contributed by atoms with E-state index in [1.807, 2.05) is 47.2 Å². The number of nitrogens with one attached hydrogen (secondary N) is 1. The van der Waals surface area contributed by atoms with Crippen molar-refractivity contribution in [1.29, 1.82) is 0 Å². The van der Waals surface area contributed by atoms with Gasteiger partial charge in [-0.1, -0.05) is 11.6 Å². The summed E-state index contributed by atoms with van der Waals surface area (Å²) in [5.74, 6) is -0.236. The monoisotopic (exact) mass is 386 g/mol. The van der Waals surface area contributed by atoms with Crippen LogP contribution in [0.15, 0.2) is 60.5 Å². The molecule has 0 spiro atoms. The molecule has 4 rings (SSSR count). The third-order valence-corrected chi connectivity index (χ3v) is 5.69. The van der Waals surface area contributed by atoms with E-state index in [0.29, 0.717) is 15.7 Å². The highest BCUT2D eigenvalue weighted by Gasteiger charge is 2.13. The number of hydrogen-bond donors (Lipinski definition) is 1. The Kier molecular flexibility index (Phi) is 4.35. The average Bonchev–Trinajstić information content (AvgIpc) is 3.36. The summed E-state index contributed by atoms with van der Waals surface area (Å²) in [4.78, 5) is 21.7. The first kappa shape index (κ1) is 16.0. The van der Waals surface area contributed by atoms with Crippen LogP contribution >= 0.6 is 34.3 Å². The van der Waals surface area contributed by atoms with E-state index in [1.165, 1.54) is 22.7 Å². The van der Waals surface area contributed by atoms with Crippen LogP contribution in [-0.4, -0.2) is 20.4 Å². The molecule has 3 heterocycles. The highest BCUT2D eigenvalue weighted by molar-refractivity contribution is 7.23. The van der Waals surface area contributed by atoms with Gasteiger partial charge in [0, 0.05) is 29.1 Å². The van der Waals surface area contributed by atoms with Gasteiger partial charge < -0.3 is 9.88 Å². The Hall–Kier alpha value is -2.48. The van der Waals surface area contributed by atoms with Crippen molar-refractivity contribution < 1.29 is 4.79 Å². The summed E-state index contributed by atoms with van der Waals surface area (Å²) in [5, 5.41) is 5.40. The lowest BCUT2D eigenvalue weighted by Crippen LogP contribution is -2.12. The number of anilines is 1. The van der Waals surface area contributed by atoms with E-state index in [0.717, 1.165) is 15.6 Å². The van der Waals surface area contributed by atoms with Crippen LogP contribution in [0.3, 0.4) is 0 Å². The van der Waals surface area contributed by atoms with Crippen LogP contribution in [-0.2, 0) is 0 Å². The quantitative estimate of drug-likeness (QED) is 0.539. The van der Waals surface area contributed by atoms with Crippen molar-refractivity contribution >= 4 is 45.9 Å². The molecule has 0 aliphatic rings. The second-order valence-corrected chi connectivity index (χ2v) is 7.69. The van der Waals surface area contributed by atoms with Crippen molar-refractivity contribution in [3.63, 3.8) is 0 Å². The number of thiazole rings is 1. The average molecular weight is 387 g/mol. The predicted molar refractivity (Wildman–Crippen MR) is 102 cm³/mol. The molecule has 0 aliphatic carbocycles. The molecular weight excluding hydrogens is 376 g/mol. The minimum Gasteiger partial charge on any atom is -0.321 e. The van der Waals surface area contributed by atoms with Crippen LogP contribution in [0.1, 0.15) is 10.5 Å². The Morgan fingerprint density at radius 3 is 2.68 bits per heavy atom. The Labute approximate surface area is 156 Å². The maximum Gasteiger partial charge on any atom is 0.275 e. The van der Waals surface area contributed by atoms with Crippen molar-refractivity contribution in [2.45, 2.75) is 0 Å². The number of halogens is 1. The minimum absolute atomic E-state index is 0.236. The molecule has 25 heavy (non-hydrogen) atoms. The molecule has 5 nitrogen and oxygen atoms in total. The van der Waals surface area contributed by atoms with Crippen LogP contribution in [0.4, 0.5) is 5.69 Å². The summed E-state index contributed by atoms with van der Waals surface area (Å²) in [7, 11) is 0.